The van der Waals surface area contributed by atoms with Crippen molar-refractivity contribution in [3.8, 4) is 0 Å². The van der Waals surface area contributed by atoms with Gasteiger partial charge in [-0.2, -0.15) is 0 Å². The molecule has 0 saturated carbocycles. The highest BCUT2D eigenvalue weighted by atomic mass is 16.3. The average molecular weight is 208 g/mol. The van der Waals surface area contributed by atoms with Gasteiger partial charge >= 0.3 is 0 Å². The van der Waals surface area contributed by atoms with Crippen LogP contribution in [0.4, 0.5) is 0 Å². The second-order valence-electron chi connectivity index (χ2n) is 3.86. The van der Waals surface area contributed by atoms with E-state index in [1.807, 2.05) is 13.8 Å². The molecule has 4 heteroatoms. The van der Waals surface area contributed by atoms with Crippen LogP contribution in [0, 0.1) is 5.92 Å². The summed E-state index contributed by atoms with van der Waals surface area (Å²) in [6, 6.07) is 2.32. The molecule has 1 aromatic rings. The number of aliphatic hydroxyl groups is 1. The summed E-state index contributed by atoms with van der Waals surface area (Å²) in [5.41, 5.74) is 6.16. The van der Waals surface area contributed by atoms with Gasteiger partial charge in [-0.05, 0) is 18.1 Å². The number of ketones is 1. The molecule has 1 heterocycles. The molecule has 0 fully saturated rings. The van der Waals surface area contributed by atoms with E-state index < -0.39 is 12.1 Å². The third kappa shape index (κ3) is 2.84. The molecule has 0 spiro atoms. The molecule has 0 aliphatic heterocycles. The minimum atomic E-state index is -0.868. The van der Waals surface area contributed by atoms with Crippen LogP contribution in [0.5, 0.6) is 0 Å². The smallest absolute Gasteiger partial charge is 0.182 e. The van der Waals surface area contributed by atoms with Gasteiger partial charge in [-0.25, -0.2) is 0 Å². The van der Waals surface area contributed by atoms with Gasteiger partial charge in [0.1, 0.15) is 0 Å². The normalized spacial score (nSPS) is 15.0. The highest BCUT2D eigenvalue weighted by Gasteiger charge is 2.25. The molecule has 0 aliphatic rings. The molecule has 1 rings (SSSR count). The topological polar surface area (TPSA) is 76.2 Å². The Hall–Kier alpha value is -1.26. The second-order valence-corrected chi connectivity index (χ2v) is 3.86. The molecule has 4 nitrogen and oxygen atoms in total. The largest absolute Gasteiger partial charge is 0.391 e. The molecule has 2 atom stereocenters. The zero-order valence-electron chi connectivity index (χ0n) is 8.92. The molecule has 0 radical (unpaired) electrons. The predicted octanol–water partition coefficient (Wildman–Crippen LogP) is 0.608. The number of rotatable bonds is 4. The summed E-state index contributed by atoms with van der Waals surface area (Å²) in [5, 5.41) is 9.67. The number of hydrogen-bond donors (Lipinski definition) is 2. The zero-order valence-corrected chi connectivity index (χ0v) is 8.92. The van der Waals surface area contributed by atoms with Crippen molar-refractivity contribution in [1.29, 1.82) is 0 Å². The van der Waals surface area contributed by atoms with Gasteiger partial charge in [0.2, 0.25) is 0 Å². The van der Waals surface area contributed by atoms with E-state index in [0.29, 0.717) is 5.56 Å². The highest BCUT2D eigenvalue weighted by Crippen LogP contribution is 2.09. The van der Waals surface area contributed by atoms with E-state index in [-0.39, 0.29) is 11.7 Å². The number of nitrogens with zero attached hydrogens (tertiary/aromatic N) is 1. The summed E-state index contributed by atoms with van der Waals surface area (Å²) in [6.45, 7) is 3.65. The van der Waals surface area contributed by atoms with E-state index in [0.717, 1.165) is 0 Å². The van der Waals surface area contributed by atoms with Crippen LogP contribution in [0.1, 0.15) is 24.2 Å². The SMILES string of the molecule is CC(C)C(O)C(N)C(=O)c1ccncc1. The lowest BCUT2D eigenvalue weighted by Gasteiger charge is -2.20. The van der Waals surface area contributed by atoms with Gasteiger partial charge in [0.05, 0.1) is 12.1 Å². The van der Waals surface area contributed by atoms with Crippen LogP contribution < -0.4 is 5.73 Å². The fraction of sp³-hybridized carbons (Fsp3) is 0.455. The van der Waals surface area contributed by atoms with Gasteiger partial charge in [0.25, 0.3) is 0 Å². The zero-order chi connectivity index (χ0) is 11.4. The van der Waals surface area contributed by atoms with Gasteiger partial charge in [-0.15, -0.1) is 0 Å². The van der Waals surface area contributed by atoms with Gasteiger partial charge in [-0.1, -0.05) is 13.8 Å². The van der Waals surface area contributed by atoms with Crippen LogP contribution in [-0.4, -0.2) is 28.0 Å². The van der Waals surface area contributed by atoms with Crippen LogP contribution in [0.3, 0.4) is 0 Å². The van der Waals surface area contributed by atoms with Crippen LogP contribution >= 0.6 is 0 Å². The second kappa shape index (κ2) is 5.00. The molecular weight excluding hydrogens is 192 g/mol. The third-order valence-corrected chi connectivity index (χ3v) is 2.32. The lowest BCUT2D eigenvalue weighted by molar-refractivity contribution is 0.0698. The molecule has 2 unspecified atom stereocenters. The Kier molecular flexibility index (Phi) is 3.94. The first-order valence-corrected chi connectivity index (χ1v) is 4.92. The van der Waals surface area contributed by atoms with Crippen molar-refractivity contribution in [2.45, 2.75) is 26.0 Å². The molecule has 0 bridgehead atoms. The van der Waals surface area contributed by atoms with E-state index in [1.165, 1.54) is 12.4 Å². The van der Waals surface area contributed by atoms with Gasteiger partial charge in [0.15, 0.2) is 5.78 Å². The fourth-order valence-corrected chi connectivity index (χ4v) is 1.28. The molecule has 0 saturated heterocycles. The molecular formula is C11H16N2O2. The summed E-state index contributed by atoms with van der Waals surface area (Å²) < 4.78 is 0. The van der Waals surface area contributed by atoms with Gasteiger partial charge in [0, 0.05) is 18.0 Å². The van der Waals surface area contributed by atoms with E-state index >= 15 is 0 Å². The number of aromatic nitrogens is 1. The minimum absolute atomic E-state index is 0.0363. The quantitative estimate of drug-likeness (QED) is 0.711. The lowest BCUT2D eigenvalue weighted by Crippen LogP contribution is -2.44. The number of nitrogens with two attached hydrogens (primary N) is 1. The Morgan fingerprint density at radius 2 is 1.93 bits per heavy atom. The van der Waals surface area contributed by atoms with Crippen molar-refractivity contribution in [2.75, 3.05) is 0 Å². The lowest BCUT2D eigenvalue weighted by atomic mass is 9.94. The number of Topliss-reactive ketones (excluding diaryl/α,β-unsaturated/α-hetero) is 1. The average Bonchev–Trinajstić information content (AvgIpc) is 2.27. The molecule has 0 amide bonds. The standard InChI is InChI=1S/C11H16N2O2/c1-7(2)10(14)9(12)11(15)8-3-5-13-6-4-8/h3-7,9-10,14H,12H2,1-2H3. The first kappa shape index (κ1) is 11.8. The Morgan fingerprint density at radius 3 is 2.40 bits per heavy atom. The summed E-state index contributed by atoms with van der Waals surface area (Å²) in [4.78, 5) is 15.6. The number of pyridine rings is 1. The molecule has 82 valence electrons. The van der Waals surface area contributed by atoms with E-state index in [4.69, 9.17) is 5.73 Å². The number of carbonyl (C=O) groups excluding carboxylic acids is 1. The van der Waals surface area contributed by atoms with E-state index in [9.17, 15) is 9.90 Å². The first-order valence-electron chi connectivity index (χ1n) is 4.92. The Morgan fingerprint density at radius 1 is 1.40 bits per heavy atom. The van der Waals surface area contributed by atoms with Crippen molar-refractivity contribution >= 4 is 5.78 Å². The maximum atomic E-state index is 11.8. The fourth-order valence-electron chi connectivity index (χ4n) is 1.28. The summed E-state index contributed by atoms with van der Waals surface area (Å²) in [7, 11) is 0. The Bertz CT molecular complexity index is 325. The van der Waals surface area contributed by atoms with Gasteiger partial charge < -0.3 is 10.8 Å². The maximum Gasteiger partial charge on any atom is 0.182 e. The first-order chi connectivity index (χ1) is 7.04. The van der Waals surface area contributed by atoms with E-state index in [1.54, 1.807) is 12.1 Å². The Balaban J connectivity index is 2.78. The van der Waals surface area contributed by atoms with Crippen LogP contribution in [-0.2, 0) is 0 Å². The third-order valence-electron chi connectivity index (χ3n) is 2.32. The minimum Gasteiger partial charge on any atom is -0.391 e. The monoisotopic (exact) mass is 208 g/mol. The summed E-state index contributed by atoms with van der Waals surface area (Å²) >= 11 is 0. The van der Waals surface area contributed by atoms with Crippen molar-refractivity contribution in [3.63, 3.8) is 0 Å². The van der Waals surface area contributed by atoms with Crippen molar-refractivity contribution in [2.24, 2.45) is 11.7 Å². The molecule has 0 aromatic carbocycles. The highest BCUT2D eigenvalue weighted by molar-refractivity contribution is 6.00. The van der Waals surface area contributed by atoms with Gasteiger partial charge in [-0.3, -0.25) is 9.78 Å². The number of carbonyl (C=O) groups is 1. The Labute approximate surface area is 89.1 Å². The molecule has 15 heavy (non-hydrogen) atoms. The van der Waals surface area contributed by atoms with Crippen molar-refractivity contribution < 1.29 is 9.90 Å². The van der Waals surface area contributed by atoms with Crippen molar-refractivity contribution in [3.05, 3.63) is 30.1 Å². The molecule has 3 N–H and O–H groups in total. The number of hydrogen-bond acceptors (Lipinski definition) is 4. The van der Waals surface area contributed by atoms with Crippen LogP contribution in [0.15, 0.2) is 24.5 Å². The maximum absolute atomic E-state index is 11.8. The summed E-state index contributed by atoms with van der Waals surface area (Å²) in [6.07, 6.45) is 2.24. The summed E-state index contributed by atoms with van der Waals surface area (Å²) in [5.74, 6) is -0.288. The number of aliphatic hydroxyl groups excluding tert-OH is 1. The van der Waals surface area contributed by atoms with E-state index in [2.05, 4.69) is 4.98 Å². The molecule has 0 aliphatic carbocycles. The van der Waals surface area contributed by atoms with Crippen LogP contribution in [0.25, 0.3) is 0 Å². The van der Waals surface area contributed by atoms with Crippen molar-refractivity contribution in [1.82, 2.24) is 4.98 Å². The van der Waals surface area contributed by atoms with Crippen LogP contribution in [0.2, 0.25) is 0 Å². The molecule has 1 aromatic heterocycles. The predicted molar refractivity (Wildman–Crippen MR) is 57.4 cm³/mol.